The average Bonchev–Trinajstić information content (AvgIpc) is 2.23. The van der Waals surface area contributed by atoms with Crippen molar-refractivity contribution in [2.24, 2.45) is 5.92 Å². The van der Waals surface area contributed by atoms with Gasteiger partial charge in [-0.15, -0.1) is 0 Å². The van der Waals surface area contributed by atoms with E-state index < -0.39 is 5.92 Å². The molecular formula is C10H14N2O2. The van der Waals surface area contributed by atoms with Crippen molar-refractivity contribution in [2.75, 3.05) is 19.7 Å². The molecule has 0 bridgehead atoms. The van der Waals surface area contributed by atoms with Gasteiger partial charge in [-0.2, -0.15) is 5.26 Å². The first-order valence-electron chi connectivity index (χ1n) is 5.03. The van der Waals surface area contributed by atoms with Crippen LogP contribution in [0.3, 0.4) is 0 Å². The van der Waals surface area contributed by atoms with Crippen molar-refractivity contribution in [1.29, 1.82) is 5.26 Å². The molecule has 1 N–H and O–H groups in total. The Balaban J connectivity index is 2.07. The van der Waals surface area contributed by atoms with Crippen LogP contribution in [-0.4, -0.2) is 31.1 Å². The maximum atomic E-state index is 11.4. The molecule has 2 unspecified atom stereocenters. The number of morpholine rings is 1. The standard InChI is InChI=1S/C10H14N2O2/c11-6-8-5-10(2-1-9(8)13)7-12-3-4-14-10/h8,12H,1-5,7H2. The van der Waals surface area contributed by atoms with Gasteiger partial charge in [0.05, 0.1) is 18.3 Å². The third-order valence-corrected chi connectivity index (χ3v) is 3.08. The lowest BCUT2D eigenvalue weighted by molar-refractivity contribution is -0.136. The summed E-state index contributed by atoms with van der Waals surface area (Å²) in [5.41, 5.74) is -0.243. The number of ketones is 1. The maximum Gasteiger partial charge on any atom is 0.150 e. The molecular weight excluding hydrogens is 180 g/mol. The first-order valence-corrected chi connectivity index (χ1v) is 5.03. The molecule has 76 valence electrons. The van der Waals surface area contributed by atoms with E-state index in [2.05, 4.69) is 11.4 Å². The van der Waals surface area contributed by atoms with Crippen molar-refractivity contribution >= 4 is 5.78 Å². The highest BCUT2D eigenvalue weighted by Crippen LogP contribution is 2.33. The zero-order valence-corrected chi connectivity index (χ0v) is 8.08. The predicted molar refractivity (Wildman–Crippen MR) is 49.5 cm³/mol. The van der Waals surface area contributed by atoms with Gasteiger partial charge in [-0.1, -0.05) is 0 Å². The number of ether oxygens (including phenoxy) is 1. The van der Waals surface area contributed by atoms with Crippen LogP contribution in [0.25, 0.3) is 0 Å². The van der Waals surface area contributed by atoms with Crippen molar-refractivity contribution < 1.29 is 9.53 Å². The van der Waals surface area contributed by atoms with E-state index in [4.69, 9.17) is 10.00 Å². The molecule has 14 heavy (non-hydrogen) atoms. The average molecular weight is 194 g/mol. The van der Waals surface area contributed by atoms with Crippen molar-refractivity contribution in [3.63, 3.8) is 0 Å². The van der Waals surface area contributed by atoms with Crippen LogP contribution in [0.15, 0.2) is 0 Å². The van der Waals surface area contributed by atoms with E-state index in [1.165, 1.54) is 0 Å². The molecule has 0 amide bonds. The van der Waals surface area contributed by atoms with Crippen LogP contribution >= 0.6 is 0 Å². The third-order valence-electron chi connectivity index (χ3n) is 3.08. The fourth-order valence-corrected chi connectivity index (χ4v) is 2.23. The molecule has 4 nitrogen and oxygen atoms in total. The van der Waals surface area contributed by atoms with Gasteiger partial charge in [0.25, 0.3) is 0 Å². The largest absolute Gasteiger partial charge is 0.372 e. The molecule has 1 saturated heterocycles. The van der Waals surface area contributed by atoms with Gasteiger partial charge in [0.2, 0.25) is 0 Å². The van der Waals surface area contributed by atoms with Gasteiger partial charge < -0.3 is 10.1 Å². The van der Waals surface area contributed by atoms with Gasteiger partial charge in [0.1, 0.15) is 11.7 Å². The summed E-state index contributed by atoms with van der Waals surface area (Å²) in [6, 6.07) is 2.07. The highest BCUT2D eigenvalue weighted by Gasteiger charge is 2.42. The lowest BCUT2D eigenvalue weighted by Gasteiger charge is -2.41. The Hall–Kier alpha value is -0.920. The zero-order valence-electron chi connectivity index (χ0n) is 8.08. The summed E-state index contributed by atoms with van der Waals surface area (Å²) < 4.78 is 5.72. The fourth-order valence-electron chi connectivity index (χ4n) is 2.23. The SMILES string of the molecule is N#CC1CC2(CCC1=O)CNCCO2. The Morgan fingerprint density at radius 1 is 1.64 bits per heavy atom. The summed E-state index contributed by atoms with van der Waals surface area (Å²) in [7, 11) is 0. The van der Waals surface area contributed by atoms with E-state index in [0.717, 1.165) is 19.5 Å². The van der Waals surface area contributed by atoms with Gasteiger partial charge in [0, 0.05) is 25.9 Å². The summed E-state index contributed by atoms with van der Waals surface area (Å²) in [6.07, 6.45) is 1.81. The summed E-state index contributed by atoms with van der Waals surface area (Å²) >= 11 is 0. The van der Waals surface area contributed by atoms with Crippen LogP contribution in [-0.2, 0) is 9.53 Å². The molecule has 1 aliphatic carbocycles. The summed E-state index contributed by atoms with van der Waals surface area (Å²) in [5, 5.41) is 12.1. The van der Waals surface area contributed by atoms with Crippen LogP contribution in [0.5, 0.6) is 0 Å². The number of nitrogens with zero attached hydrogens (tertiary/aromatic N) is 1. The molecule has 1 aliphatic heterocycles. The highest BCUT2D eigenvalue weighted by atomic mass is 16.5. The first-order chi connectivity index (χ1) is 6.76. The molecule has 0 aromatic rings. The van der Waals surface area contributed by atoms with Crippen LogP contribution in [0.2, 0.25) is 0 Å². The minimum absolute atomic E-state index is 0.0762. The van der Waals surface area contributed by atoms with Crippen LogP contribution < -0.4 is 5.32 Å². The Morgan fingerprint density at radius 2 is 2.50 bits per heavy atom. The molecule has 0 aromatic heterocycles. The number of carbonyl (C=O) groups excluding carboxylic acids is 1. The van der Waals surface area contributed by atoms with E-state index in [0.29, 0.717) is 19.4 Å². The van der Waals surface area contributed by atoms with Crippen LogP contribution in [0, 0.1) is 17.2 Å². The summed E-state index contributed by atoms with van der Waals surface area (Å²) in [5.74, 6) is -0.379. The minimum Gasteiger partial charge on any atom is -0.372 e. The normalized spacial score (nSPS) is 38.2. The van der Waals surface area contributed by atoms with Crippen molar-refractivity contribution in [3.8, 4) is 6.07 Å². The lowest BCUT2D eigenvalue weighted by atomic mass is 9.77. The van der Waals surface area contributed by atoms with Crippen molar-refractivity contribution in [1.82, 2.24) is 5.32 Å². The number of hydrogen-bond acceptors (Lipinski definition) is 4. The Morgan fingerprint density at radius 3 is 3.14 bits per heavy atom. The van der Waals surface area contributed by atoms with Gasteiger partial charge in [-0.25, -0.2) is 0 Å². The van der Waals surface area contributed by atoms with Gasteiger partial charge >= 0.3 is 0 Å². The summed E-state index contributed by atoms with van der Waals surface area (Å²) in [6.45, 7) is 2.33. The first kappa shape index (κ1) is 9.63. The molecule has 2 atom stereocenters. The molecule has 1 saturated carbocycles. The fraction of sp³-hybridized carbons (Fsp3) is 0.800. The molecule has 2 aliphatic rings. The van der Waals surface area contributed by atoms with Crippen LogP contribution in [0.1, 0.15) is 19.3 Å². The number of nitriles is 1. The maximum absolute atomic E-state index is 11.4. The van der Waals surface area contributed by atoms with Crippen molar-refractivity contribution in [3.05, 3.63) is 0 Å². The number of Topliss-reactive ketones (excluding diaryl/α,β-unsaturated/α-hetero) is 1. The topological polar surface area (TPSA) is 62.1 Å². The Bertz CT molecular complexity index is 276. The van der Waals surface area contributed by atoms with Crippen molar-refractivity contribution in [2.45, 2.75) is 24.9 Å². The molecule has 2 fully saturated rings. The van der Waals surface area contributed by atoms with E-state index in [9.17, 15) is 4.79 Å². The second-order valence-corrected chi connectivity index (χ2v) is 4.06. The quantitative estimate of drug-likeness (QED) is 0.600. The predicted octanol–water partition coefficient (Wildman–Crippen LogP) is 0.238. The number of carbonyl (C=O) groups is 1. The second kappa shape index (κ2) is 3.68. The molecule has 0 radical (unpaired) electrons. The summed E-state index contributed by atoms with van der Waals surface area (Å²) in [4.78, 5) is 11.4. The molecule has 1 heterocycles. The second-order valence-electron chi connectivity index (χ2n) is 4.06. The molecule has 0 aromatic carbocycles. The Kier molecular flexibility index (Phi) is 2.53. The van der Waals surface area contributed by atoms with Gasteiger partial charge in [-0.05, 0) is 6.42 Å². The van der Waals surface area contributed by atoms with Gasteiger partial charge in [0.15, 0.2) is 0 Å². The van der Waals surface area contributed by atoms with E-state index in [1.54, 1.807) is 0 Å². The molecule has 2 rings (SSSR count). The lowest BCUT2D eigenvalue weighted by Crippen LogP contribution is -2.53. The smallest absolute Gasteiger partial charge is 0.150 e. The Labute approximate surface area is 83.2 Å². The monoisotopic (exact) mass is 194 g/mol. The number of nitrogens with one attached hydrogen (secondary N) is 1. The third kappa shape index (κ3) is 1.66. The molecule has 1 spiro atoms. The number of rotatable bonds is 0. The van der Waals surface area contributed by atoms with E-state index in [-0.39, 0.29) is 11.4 Å². The number of hydrogen-bond donors (Lipinski definition) is 1. The zero-order chi connectivity index (χ0) is 10.0. The molecule has 4 heteroatoms. The van der Waals surface area contributed by atoms with E-state index in [1.807, 2.05) is 0 Å². The van der Waals surface area contributed by atoms with E-state index >= 15 is 0 Å². The highest BCUT2D eigenvalue weighted by molar-refractivity contribution is 5.84. The van der Waals surface area contributed by atoms with Gasteiger partial charge in [-0.3, -0.25) is 4.79 Å². The van der Waals surface area contributed by atoms with Crippen LogP contribution in [0.4, 0.5) is 0 Å². The minimum atomic E-state index is -0.455.